The minimum absolute atomic E-state index is 0.209. The van der Waals surface area contributed by atoms with Gasteiger partial charge in [-0.3, -0.25) is 9.59 Å². The Hall–Kier alpha value is -4.01. The number of rotatable bonds is 13. The lowest BCUT2D eigenvalue weighted by Gasteiger charge is -2.17. The van der Waals surface area contributed by atoms with E-state index in [2.05, 4.69) is 22.4 Å². The van der Waals surface area contributed by atoms with Gasteiger partial charge in [0.25, 0.3) is 5.91 Å². The molecule has 0 saturated heterocycles. The molecule has 8 nitrogen and oxygen atoms in total. The Labute approximate surface area is 243 Å². The number of anilines is 1. The summed E-state index contributed by atoms with van der Waals surface area (Å²) in [5.74, 6) is -0.285. The number of carbonyl (C=O) groups excluding carboxylic acids is 2. The summed E-state index contributed by atoms with van der Waals surface area (Å²) in [6.45, 7) is 7.82. The van der Waals surface area contributed by atoms with Gasteiger partial charge in [0, 0.05) is 26.9 Å². The molecule has 10 heteroatoms. The Bertz CT molecular complexity index is 1380. The van der Waals surface area contributed by atoms with Crippen LogP contribution >= 0.6 is 23.2 Å². The van der Waals surface area contributed by atoms with E-state index in [1.165, 1.54) is 13.1 Å². The zero-order valence-corrected chi connectivity index (χ0v) is 24.0. The molecule has 210 valence electrons. The lowest BCUT2D eigenvalue weighted by Crippen LogP contribution is -2.34. The molecule has 0 aliphatic carbocycles. The first-order valence-electron chi connectivity index (χ1n) is 12.5. The molecule has 0 spiro atoms. The standard InChI is InChI=1S/C30H31Cl2N3O5/c1-5-7-21-14-20(15-27(39-6-2)28(21)40-18-22-8-9-23(31)16-26(22)32)17-33-35-30(37)19(3)29(36)34-24-10-12-25(38-4)13-11-24/h5,8-17,19H,1,6-7,18H2,2-4H3,(H,34,36)(H,35,37). The maximum absolute atomic E-state index is 12.5. The van der Waals surface area contributed by atoms with E-state index in [0.29, 0.717) is 51.6 Å². The van der Waals surface area contributed by atoms with Crippen molar-refractivity contribution in [3.05, 3.63) is 94.0 Å². The number of methoxy groups -OCH3 is 1. The van der Waals surface area contributed by atoms with Gasteiger partial charge >= 0.3 is 0 Å². The number of nitrogens with zero attached hydrogens (tertiary/aromatic N) is 1. The van der Waals surface area contributed by atoms with E-state index < -0.39 is 17.7 Å². The van der Waals surface area contributed by atoms with Crippen LogP contribution in [0.1, 0.15) is 30.5 Å². The molecule has 40 heavy (non-hydrogen) atoms. The van der Waals surface area contributed by atoms with Crippen molar-refractivity contribution in [2.75, 3.05) is 19.0 Å². The molecule has 1 unspecified atom stereocenters. The van der Waals surface area contributed by atoms with E-state index in [-0.39, 0.29) is 6.61 Å². The molecule has 0 aliphatic rings. The second kappa shape index (κ2) is 15.0. The van der Waals surface area contributed by atoms with Crippen LogP contribution in [0.15, 0.2) is 72.4 Å². The monoisotopic (exact) mass is 583 g/mol. The third kappa shape index (κ3) is 8.49. The van der Waals surface area contributed by atoms with Crippen molar-refractivity contribution in [3.8, 4) is 17.2 Å². The molecule has 0 aromatic heterocycles. The van der Waals surface area contributed by atoms with Crippen molar-refractivity contribution in [3.63, 3.8) is 0 Å². The van der Waals surface area contributed by atoms with Gasteiger partial charge in [-0.05, 0) is 74.4 Å². The number of benzene rings is 3. The minimum Gasteiger partial charge on any atom is -0.497 e. The van der Waals surface area contributed by atoms with E-state index in [1.807, 2.05) is 13.0 Å². The molecule has 2 N–H and O–H groups in total. The van der Waals surface area contributed by atoms with E-state index in [1.54, 1.807) is 61.7 Å². The number of hydrogen-bond donors (Lipinski definition) is 2. The zero-order chi connectivity index (χ0) is 29.1. The number of amides is 2. The van der Waals surface area contributed by atoms with Crippen LogP contribution in [0.4, 0.5) is 5.69 Å². The molecule has 0 saturated carbocycles. The second-order valence-corrected chi connectivity index (χ2v) is 9.47. The fourth-order valence-electron chi connectivity index (χ4n) is 3.59. The fourth-order valence-corrected chi connectivity index (χ4v) is 4.05. The van der Waals surface area contributed by atoms with Crippen LogP contribution < -0.4 is 25.0 Å². The first kappa shape index (κ1) is 30.5. The number of hydrogen-bond acceptors (Lipinski definition) is 6. The molecule has 3 rings (SSSR count). The summed E-state index contributed by atoms with van der Waals surface area (Å²) < 4.78 is 17.1. The largest absolute Gasteiger partial charge is 0.497 e. The minimum atomic E-state index is -0.981. The Morgan fingerprint density at radius 1 is 1.02 bits per heavy atom. The number of allylic oxidation sites excluding steroid dienone is 1. The first-order valence-corrected chi connectivity index (χ1v) is 13.3. The quantitative estimate of drug-likeness (QED) is 0.104. The summed E-state index contributed by atoms with van der Waals surface area (Å²) in [7, 11) is 1.56. The highest BCUT2D eigenvalue weighted by Gasteiger charge is 2.21. The smallest absolute Gasteiger partial charge is 0.252 e. The van der Waals surface area contributed by atoms with Crippen molar-refractivity contribution in [2.45, 2.75) is 26.9 Å². The third-order valence-electron chi connectivity index (χ3n) is 5.74. The maximum Gasteiger partial charge on any atom is 0.252 e. The molecule has 1 atom stereocenters. The SMILES string of the molecule is C=CCc1cc(C=NNC(=O)C(C)C(=O)Nc2ccc(OC)cc2)cc(OCC)c1OCc1ccc(Cl)cc1Cl. The van der Waals surface area contributed by atoms with Gasteiger partial charge in [-0.2, -0.15) is 5.10 Å². The highest BCUT2D eigenvalue weighted by Crippen LogP contribution is 2.35. The highest BCUT2D eigenvalue weighted by molar-refractivity contribution is 6.35. The van der Waals surface area contributed by atoms with Crippen molar-refractivity contribution < 1.29 is 23.8 Å². The predicted octanol–water partition coefficient (Wildman–Crippen LogP) is 6.43. The third-order valence-corrected chi connectivity index (χ3v) is 6.32. The summed E-state index contributed by atoms with van der Waals surface area (Å²) in [6, 6.07) is 15.6. The topological polar surface area (TPSA) is 98.3 Å². The van der Waals surface area contributed by atoms with Crippen LogP contribution in [0.25, 0.3) is 0 Å². The van der Waals surface area contributed by atoms with Gasteiger partial charge < -0.3 is 19.5 Å². The summed E-state index contributed by atoms with van der Waals surface area (Å²) in [5.41, 5.74) is 5.22. The van der Waals surface area contributed by atoms with Crippen molar-refractivity contribution in [2.24, 2.45) is 11.0 Å². The van der Waals surface area contributed by atoms with Gasteiger partial charge in [0.05, 0.1) is 19.9 Å². The van der Waals surface area contributed by atoms with Gasteiger partial charge in [-0.25, -0.2) is 5.43 Å². The number of carbonyl (C=O) groups is 2. The summed E-state index contributed by atoms with van der Waals surface area (Å²) >= 11 is 12.3. The lowest BCUT2D eigenvalue weighted by molar-refractivity contribution is -0.131. The van der Waals surface area contributed by atoms with Crippen molar-refractivity contribution >= 4 is 46.9 Å². The average Bonchev–Trinajstić information content (AvgIpc) is 2.93. The molecule has 0 radical (unpaired) electrons. The maximum atomic E-state index is 12.5. The summed E-state index contributed by atoms with van der Waals surface area (Å²) in [4.78, 5) is 25.0. The normalized spacial score (nSPS) is 11.5. The van der Waals surface area contributed by atoms with E-state index in [4.69, 9.17) is 37.4 Å². The first-order chi connectivity index (χ1) is 19.2. The number of nitrogens with one attached hydrogen (secondary N) is 2. The van der Waals surface area contributed by atoms with Crippen LogP contribution in [0.5, 0.6) is 17.2 Å². The molecular weight excluding hydrogens is 553 g/mol. The van der Waals surface area contributed by atoms with Gasteiger partial charge in [-0.15, -0.1) is 6.58 Å². The zero-order valence-electron chi connectivity index (χ0n) is 22.5. The van der Waals surface area contributed by atoms with Crippen LogP contribution in [-0.2, 0) is 22.6 Å². The van der Waals surface area contributed by atoms with Crippen LogP contribution in [-0.4, -0.2) is 31.7 Å². The van der Waals surface area contributed by atoms with Gasteiger partial charge in [0.1, 0.15) is 18.3 Å². The molecule has 3 aromatic carbocycles. The van der Waals surface area contributed by atoms with E-state index >= 15 is 0 Å². The fraction of sp³-hybridized carbons (Fsp3) is 0.233. The van der Waals surface area contributed by atoms with Gasteiger partial charge in [0.15, 0.2) is 11.5 Å². The van der Waals surface area contributed by atoms with Gasteiger partial charge in [0.2, 0.25) is 5.91 Å². The molecule has 0 bridgehead atoms. The van der Waals surface area contributed by atoms with E-state index in [9.17, 15) is 9.59 Å². The molecule has 3 aromatic rings. The second-order valence-electron chi connectivity index (χ2n) is 8.63. The van der Waals surface area contributed by atoms with Crippen LogP contribution in [0.2, 0.25) is 10.0 Å². The lowest BCUT2D eigenvalue weighted by atomic mass is 10.1. The van der Waals surface area contributed by atoms with Crippen LogP contribution in [0.3, 0.4) is 0 Å². The summed E-state index contributed by atoms with van der Waals surface area (Å²) in [5, 5.41) is 7.79. The molecular formula is C30H31Cl2N3O5. The van der Waals surface area contributed by atoms with E-state index in [0.717, 1.165) is 11.1 Å². The Kier molecular flexibility index (Phi) is 11.4. The molecule has 2 amide bonds. The predicted molar refractivity (Wildman–Crippen MR) is 159 cm³/mol. The average molecular weight is 585 g/mol. The van der Waals surface area contributed by atoms with Gasteiger partial charge in [-0.1, -0.05) is 35.3 Å². The van der Waals surface area contributed by atoms with Crippen LogP contribution in [0, 0.1) is 5.92 Å². The number of ether oxygens (including phenoxy) is 3. The Balaban J connectivity index is 1.70. The molecule has 0 aliphatic heterocycles. The number of hydrazone groups is 1. The highest BCUT2D eigenvalue weighted by atomic mass is 35.5. The molecule has 0 fully saturated rings. The Morgan fingerprint density at radius 3 is 2.42 bits per heavy atom. The Morgan fingerprint density at radius 2 is 1.77 bits per heavy atom. The number of halogens is 2. The molecule has 0 heterocycles. The summed E-state index contributed by atoms with van der Waals surface area (Å²) in [6.07, 6.45) is 3.72. The van der Waals surface area contributed by atoms with Crippen molar-refractivity contribution in [1.29, 1.82) is 0 Å². The van der Waals surface area contributed by atoms with Crippen molar-refractivity contribution in [1.82, 2.24) is 5.43 Å².